The van der Waals surface area contributed by atoms with Crippen molar-refractivity contribution >= 4 is 17.6 Å². The van der Waals surface area contributed by atoms with Crippen LogP contribution in [-0.2, 0) is 4.74 Å². The summed E-state index contributed by atoms with van der Waals surface area (Å²) in [5.74, 6) is 1.49. The van der Waals surface area contributed by atoms with Gasteiger partial charge < -0.3 is 10.5 Å². The molecule has 0 aromatic heterocycles. The first-order valence-electron chi connectivity index (χ1n) is 4.31. The van der Waals surface area contributed by atoms with Crippen molar-refractivity contribution in [3.63, 3.8) is 0 Å². The summed E-state index contributed by atoms with van der Waals surface area (Å²) in [6.45, 7) is 1.86. The van der Waals surface area contributed by atoms with Crippen molar-refractivity contribution in [3.05, 3.63) is 0 Å². The molecule has 1 heterocycles. The minimum absolute atomic E-state index is 0.312. The predicted molar refractivity (Wildman–Crippen MR) is 52.8 cm³/mol. The second kappa shape index (κ2) is 5.43. The molecule has 3 nitrogen and oxygen atoms in total. The summed E-state index contributed by atoms with van der Waals surface area (Å²) in [7, 11) is 0. The number of amidine groups is 1. The molecule has 0 spiro atoms. The zero-order valence-corrected chi connectivity index (χ0v) is 8.03. The summed E-state index contributed by atoms with van der Waals surface area (Å²) in [4.78, 5) is 0. The Kier molecular flexibility index (Phi) is 4.46. The average Bonchev–Trinajstić information content (AvgIpc) is 1.92. The predicted octanol–water partition coefficient (Wildman–Crippen LogP) is 1.22. The van der Waals surface area contributed by atoms with Crippen LogP contribution in [0.3, 0.4) is 0 Å². The molecule has 1 saturated heterocycles. The van der Waals surface area contributed by atoms with Gasteiger partial charge in [0.25, 0.3) is 0 Å². The monoisotopic (exact) mass is 188 g/mol. The normalized spacial score (nSPS) is 17.3. The number of unbranched alkanes of at least 4 members (excludes halogenated alkanes) is 1. The Bertz CT molecular complexity index is 148. The number of hydrogen-bond donors (Lipinski definition) is 2. The lowest BCUT2D eigenvalue weighted by atomic mass is 10.2. The zero-order chi connectivity index (χ0) is 8.81. The van der Waals surface area contributed by atoms with Crippen LogP contribution >= 0.6 is 11.8 Å². The first-order chi connectivity index (χ1) is 5.79. The van der Waals surface area contributed by atoms with Crippen LogP contribution in [0.2, 0.25) is 0 Å². The van der Waals surface area contributed by atoms with Gasteiger partial charge in [0.2, 0.25) is 0 Å². The first-order valence-corrected chi connectivity index (χ1v) is 5.36. The van der Waals surface area contributed by atoms with Gasteiger partial charge in [-0.1, -0.05) is 0 Å². The van der Waals surface area contributed by atoms with Crippen LogP contribution in [0.5, 0.6) is 0 Å². The van der Waals surface area contributed by atoms with Gasteiger partial charge in [0, 0.05) is 6.42 Å². The average molecular weight is 188 g/mol. The van der Waals surface area contributed by atoms with Gasteiger partial charge in [0.15, 0.2) is 0 Å². The maximum atomic E-state index is 7.01. The van der Waals surface area contributed by atoms with Gasteiger partial charge in [0.1, 0.15) is 0 Å². The fraction of sp³-hybridized carbons (Fsp3) is 0.875. The molecule has 1 rings (SSSR count). The first kappa shape index (κ1) is 9.86. The van der Waals surface area contributed by atoms with Crippen molar-refractivity contribution in [2.24, 2.45) is 5.73 Å². The van der Waals surface area contributed by atoms with Gasteiger partial charge in [-0.2, -0.15) is 11.8 Å². The second-order valence-electron chi connectivity index (χ2n) is 3.01. The summed E-state index contributed by atoms with van der Waals surface area (Å²) in [5.41, 5.74) is 5.23. The van der Waals surface area contributed by atoms with E-state index in [4.69, 9.17) is 15.9 Å². The summed E-state index contributed by atoms with van der Waals surface area (Å²) in [6.07, 6.45) is 2.97. The van der Waals surface area contributed by atoms with Crippen LogP contribution in [0.25, 0.3) is 0 Å². The summed E-state index contributed by atoms with van der Waals surface area (Å²) in [5, 5.41) is 7.75. The number of nitrogens with one attached hydrogen (secondary N) is 1. The molecule has 1 aliphatic rings. The number of ether oxygens (including phenoxy) is 1. The third kappa shape index (κ3) is 3.97. The molecule has 0 unspecified atom stereocenters. The molecule has 70 valence electrons. The van der Waals surface area contributed by atoms with Gasteiger partial charge in [-0.3, -0.25) is 5.41 Å². The van der Waals surface area contributed by atoms with E-state index in [1.165, 1.54) is 12.2 Å². The fourth-order valence-electron chi connectivity index (χ4n) is 0.978. The maximum absolute atomic E-state index is 7.01. The molecule has 0 amide bonds. The van der Waals surface area contributed by atoms with Crippen molar-refractivity contribution < 1.29 is 4.74 Å². The topological polar surface area (TPSA) is 59.1 Å². The third-order valence-electron chi connectivity index (χ3n) is 1.80. The van der Waals surface area contributed by atoms with Crippen LogP contribution in [0.15, 0.2) is 0 Å². The van der Waals surface area contributed by atoms with E-state index in [9.17, 15) is 0 Å². The second-order valence-corrected chi connectivity index (χ2v) is 4.42. The number of rotatable bonds is 6. The van der Waals surface area contributed by atoms with Crippen LogP contribution in [0.1, 0.15) is 19.3 Å². The van der Waals surface area contributed by atoms with Crippen LogP contribution in [0.4, 0.5) is 0 Å². The number of hydrogen-bond acceptors (Lipinski definition) is 3. The smallest absolute Gasteiger partial charge is 0.0905 e. The molecular formula is C8H16N2OS. The van der Waals surface area contributed by atoms with E-state index in [1.54, 1.807) is 0 Å². The standard InChI is InChI=1S/C8H16N2OS/c9-8(10)3-1-2-4-12-7-5-11-6-7/h7H,1-6H2,(H3,9,10). The van der Waals surface area contributed by atoms with Gasteiger partial charge in [-0.25, -0.2) is 0 Å². The van der Waals surface area contributed by atoms with Crippen LogP contribution in [0, 0.1) is 5.41 Å². The number of thioether (sulfide) groups is 1. The van der Waals surface area contributed by atoms with E-state index in [-0.39, 0.29) is 0 Å². The molecule has 0 radical (unpaired) electrons. The molecule has 0 aromatic carbocycles. The van der Waals surface area contributed by atoms with Gasteiger partial charge in [-0.15, -0.1) is 0 Å². The molecule has 0 aliphatic carbocycles. The molecule has 1 aliphatic heterocycles. The van der Waals surface area contributed by atoms with E-state index in [0.29, 0.717) is 5.84 Å². The molecule has 4 heteroatoms. The lowest BCUT2D eigenvalue weighted by molar-refractivity contribution is 0.0455. The van der Waals surface area contributed by atoms with Crippen molar-refractivity contribution in [2.45, 2.75) is 24.5 Å². The fourth-order valence-corrected chi connectivity index (χ4v) is 2.07. The van der Waals surface area contributed by atoms with Crippen molar-refractivity contribution in [1.82, 2.24) is 0 Å². The Hall–Kier alpha value is -0.220. The number of nitrogens with two attached hydrogens (primary N) is 1. The summed E-state index contributed by atoms with van der Waals surface area (Å²) in [6, 6.07) is 0. The highest BCUT2D eigenvalue weighted by molar-refractivity contribution is 8.00. The van der Waals surface area contributed by atoms with E-state index >= 15 is 0 Å². The summed E-state index contributed by atoms with van der Waals surface area (Å²) < 4.78 is 5.06. The highest BCUT2D eigenvalue weighted by Crippen LogP contribution is 2.20. The van der Waals surface area contributed by atoms with E-state index in [2.05, 4.69) is 0 Å². The van der Waals surface area contributed by atoms with Crippen molar-refractivity contribution in [1.29, 1.82) is 5.41 Å². The molecule has 0 saturated carbocycles. The maximum Gasteiger partial charge on any atom is 0.0905 e. The molecule has 0 atom stereocenters. The Morgan fingerprint density at radius 2 is 2.25 bits per heavy atom. The van der Waals surface area contributed by atoms with Crippen LogP contribution < -0.4 is 5.73 Å². The Morgan fingerprint density at radius 1 is 1.50 bits per heavy atom. The minimum atomic E-state index is 0.312. The molecule has 0 aromatic rings. The molecular weight excluding hydrogens is 172 g/mol. The molecule has 0 bridgehead atoms. The SMILES string of the molecule is N=C(N)CCCCSC1COC1. The van der Waals surface area contributed by atoms with Crippen molar-refractivity contribution in [3.8, 4) is 0 Å². The van der Waals surface area contributed by atoms with E-state index < -0.39 is 0 Å². The lowest BCUT2D eigenvalue weighted by Crippen LogP contribution is -2.30. The van der Waals surface area contributed by atoms with Crippen LogP contribution in [-0.4, -0.2) is 30.1 Å². The van der Waals surface area contributed by atoms with Gasteiger partial charge >= 0.3 is 0 Å². The largest absolute Gasteiger partial charge is 0.388 e. The lowest BCUT2D eigenvalue weighted by Gasteiger charge is -2.25. The Labute approximate surface area is 77.5 Å². The third-order valence-corrected chi connectivity index (χ3v) is 3.07. The summed E-state index contributed by atoms with van der Waals surface area (Å²) >= 11 is 1.98. The van der Waals surface area contributed by atoms with E-state index in [1.807, 2.05) is 11.8 Å². The Balaban J connectivity index is 1.79. The van der Waals surface area contributed by atoms with Gasteiger partial charge in [-0.05, 0) is 18.6 Å². The highest BCUT2D eigenvalue weighted by Gasteiger charge is 2.17. The van der Waals surface area contributed by atoms with E-state index in [0.717, 1.165) is 31.3 Å². The minimum Gasteiger partial charge on any atom is -0.388 e. The molecule has 3 N–H and O–H groups in total. The quantitative estimate of drug-likeness (QED) is 0.374. The highest BCUT2D eigenvalue weighted by atomic mass is 32.2. The van der Waals surface area contributed by atoms with Gasteiger partial charge in [0.05, 0.1) is 24.3 Å². The van der Waals surface area contributed by atoms with Crippen molar-refractivity contribution in [2.75, 3.05) is 19.0 Å². The molecule has 1 fully saturated rings. The Morgan fingerprint density at radius 3 is 2.75 bits per heavy atom. The zero-order valence-electron chi connectivity index (χ0n) is 7.21. The molecule has 12 heavy (non-hydrogen) atoms.